The molecule has 0 aliphatic rings. The van der Waals surface area contributed by atoms with Crippen molar-refractivity contribution in [2.24, 2.45) is 0 Å². The number of hydrogen-bond acceptors (Lipinski definition) is 7. The average molecular weight is 299 g/mol. The summed E-state index contributed by atoms with van der Waals surface area (Å²) in [5.74, 6) is 0. The number of aliphatic hydroxyl groups is 2. The van der Waals surface area contributed by atoms with E-state index < -0.39 is 9.85 Å². The standard InChI is InChI=1S/C12H17N3O6/c16-7-1-5-13(6-2-8-17)11-4-3-10(14(18)19)9-12(11)15(20)21/h3-4,9,16-17H,1-2,5-8H2. The van der Waals surface area contributed by atoms with Crippen molar-refractivity contribution in [3.05, 3.63) is 38.4 Å². The molecule has 1 aromatic carbocycles. The number of nitro groups is 2. The number of nitro benzene ring substituents is 2. The number of anilines is 1. The summed E-state index contributed by atoms with van der Waals surface area (Å²) >= 11 is 0. The quantitative estimate of drug-likeness (QED) is 0.515. The molecule has 0 amide bonds. The lowest BCUT2D eigenvalue weighted by molar-refractivity contribution is -0.393. The molecule has 21 heavy (non-hydrogen) atoms. The minimum absolute atomic E-state index is 0.0730. The van der Waals surface area contributed by atoms with Gasteiger partial charge in [0.1, 0.15) is 5.69 Å². The Balaban J connectivity index is 3.15. The van der Waals surface area contributed by atoms with Crippen molar-refractivity contribution >= 4 is 17.1 Å². The topological polar surface area (TPSA) is 130 Å². The molecular weight excluding hydrogens is 282 g/mol. The maximum Gasteiger partial charge on any atom is 0.299 e. The van der Waals surface area contributed by atoms with Crippen molar-refractivity contribution in [1.29, 1.82) is 0 Å². The minimum atomic E-state index is -0.692. The summed E-state index contributed by atoms with van der Waals surface area (Å²) in [5, 5.41) is 39.6. The van der Waals surface area contributed by atoms with Gasteiger partial charge in [0.25, 0.3) is 11.4 Å². The summed E-state index contributed by atoms with van der Waals surface area (Å²) in [6, 6.07) is 3.44. The first-order chi connectivity index (χ1) is 10.0. The van der Waals surface area contributed by atoms with Gasteiger partial charge in [-0.1, -0.05) is 0 Å². The van der Waals surface area contributed by atoms with E-state index in [2.05, 4.69) is 0 Å². The summed E-state index contributed by atoms with van der Waals surface area (Å²) < 4.78 is 0. The SMILES string of the molecule is O=[N+]([O-])c1ccc(N(CCCO)CCCO)c([N+](=O)[O-])c1. The number of aliphatic hydroxyl groups excluding tert-OH is 2. The molecule has 116 valence electrons. The van der Waals surface area contributed by atoms with E-state index in [-0.39, 0.29) is 30.3 Å². The monoisotopic (exact) mass is 299 g/mol. The van der Waals surface area contributed by atoms with E-state index in [1.165, 1.54) is 12.1 Å². The van der Waals surface area contributed by atoms with Gasteiger partial charge in [0, 0.05) is 32.4 Å². The van der Waals surface area contributed by atoms with Crippen molar-refractivity contribution in [1.82, 2.24) is 0 Å². The van der Waals surface area contributed by atoms with Crippen LogP contribution >= 0.6 is 0 Å². The maximum atomic E-state index is 11.1. The molecular formula is C12H17N3O6. The maximum absolute atomic E-state index is 11.1. The van der Waals surface area contributed by atoms with Crippen LogP contribution in [0.25, 0.3) is 0 Å². The molecule has 0 heterocycles. The Morgan fingerprint density at radius 1 is 1.00 bits per heavy atom. The van der Waals surface area contributed by atoms with Crippen LogP contribution in [0.5, 0.6) is 0 Å². The van der Waals surface area contributed by atoms with Crippen LogP contribution in [-0.2, 0) is 0 Å². The lowest BCUT2D eigenvalue weighted by Crippen LogP contribution is -2.27. The zero-order valence-electron chi connectivity index (χ0n) is 11.3. The van der Waals surface area contributed by atoms with E-state index in [9.17, 15) is 20.2 Å². The third-order valence-electron chi connectivity index (χ3n) is 2.88. The molecule has 0 aliphatic carbocycles. The fraction of sp³-hybridized carbons (Fsp3) is 0.500. The van der Waals surface area contributed by atoms with Gasteiger partial charge in [0.05, 0.1) is 15.9 Å². The van der Waals surface area contributed by atoms with Crippen LogP contribution in [-0.4, -0.2) is 46.4 Å². The largest absolute Gasteiger partial charge is 0.396 e. The molecule has 1 aromatic rings. The number of non-ortho nitro benzene ring substituents is 1. The Hall–Kier alpha value is -2.26. The molecule has 0 aliphatic heterocycles. The molecule has 0 saturated heterocycles. The van der Waals surface area contributed by atoms with E-state index in [1.807, 2.05) is 0 Å². The molecule has 0 bridgehead atoms. The Kier molecular flexibility index (Phi) is 6.50. The highest BCUT2D eigenvalue weighted by Gasteiger charge is 2.23. The minimum Gasteiger partial charge on any atom is -0.396 e. The number of hydrogen-bond donors (Lipinski definition) is 2. The van der Waals surface area contributed by atoms with Gasteiger partial charge in [-0.25, -0.2) is 0 Å². The Morgan fingerprint density at radius 2 is 1.57 bits per heavy atom. The third-order valence-corrected chi connectivity index (χ3v) is 2.88. The molecule has 1 rings (SSSR count). The zero-order chi connectivity index (χ0) is 15.8. The van der Waals surface area contributed by atoms with Crippen LogP contribution in [0, 0.1) is 20.2 Å². The highest BCUT2D eigenvalue weighted by atomic mass is 16.6. The van der Waals surface area contributed by atoms with Crippen molar-refractivity contribution in [3.63, 3.8) is 0 Å². The van der Waals surface area contributed by atoms with Crippen molar-refractivity contribution < 1.29 is 20.1 Å². The summed E-state index contributed by atoms with van der Waals surface area (Å²) in [6.45, 7) is 0.567. The highest BCUT2D eigenvalue weighted by Crippen LogP contribution is 2.32. The molecule has 0 unspecified atom stereocenters. The third kappa shape index (κ3) is 4.65. The smallest absolute Gasteiger partial charge is 0.299 e. The summed E-state index contributed by atoms with van der Waals surface area (Å²) in [6.07, 6.45) is 0.805. The second-order valence-electron chi connectivity index (χ2n) is 4.33. The van der Waals surface area contributed by atoms with E-state index >= 15 is 0 Å². The lowest BCUT2D eigenvalue weighted by Gasteiger charge is -2.23. The van der Waals surface area contributed by atoms with Crippen LogP contribution in [0.4, 0.5) is 17.1 Å². The Morgan fingerprint density at radius 3 is 2.00 bits per heavy atom. The molecule has 0 radical (unpaired) electrons. The van der Waals surface area contributed by atoms with Gasteiger partial charge < -0.3 is 15.1 Å². The van der Waals surface area contributed by atoms with Gasteiger partial charge in [0.2, 0.25) is 0 Å². The summed E-state index contributed by atoms with van der Waals surface area (Å²) in [4.78, 5) is 22.1. The molecule has 0 fully saturated rings. The Labute approximate surface area is 120 Å². The van der Waals surface area contributed by atoms with Gasteiger partial charge in [-0.3, -0.25) is 20.2 Å². The normalized spacial score (nSPS) is 10.4. The van der Waals surface area contributed by atoms with Crippen molar-refractivity contribution in [2.45, 2.75) is 12.8 Å². The van der Waals surface area contributed by atoms with Gasteiger partial charge in [-0.15, -0.1) is 0 Å². The first-order valence-electron chi connectivity index (χ1n) is 6.40. The fourth-order valence-corrected chi connectivity index (χ4v) is 1.91. The molecule has 9 heteroatoms. The van der Waals surface area contributed by atoms with Gasteiger partial charge >= 0.3 is 0 Å². The van der Waals surface area contributed by atoms with Crippen LogP contribution in [0.2, 0.25) is 0 Å². The van der Waals surface area contributed by atoms with E-state index in [4.69, 9.17) is 10.2 Å². The predicted octanol–water partition coefficient (Wildman–Crippen LogP) is 1.07. The second kappa shape index (κ2) is 8.12. The Bertz CT molecular complexity index is 500. The van der Waals surface area contributed by atoms with E-state index in [0.717, 1.165) is 6.07 Å². The molecule has 0 aromatic heterocycles. The van der Waals surface area contributed by atoms with Gasteiger partial charge in [-0.2, -0.15) is 0 Å². The van der Waals surface area contributed by atoms with Gasteiger partial charge in [-0.05, 0) is 18.9 Å². The molecule has 9 nitrogen and oxygen atoms in total. The van der Waals surface area contributed by atoms with Crippen LogP contribution in [0.1, 0.15) is 12.8 Å². The zero-order valence-corrected chi connectivity index (χ0v) is 11.3. The van der Waals surface area contributed by atoms with Crippen LogP contribution in [0.15, 0.2) is 18.2 Å². The molecule has 2 N–H and O–H groups in total. The molecule has 0 atom stereocenters. The molecule has 0 saturated carbocycles. The predicted molar refractivity (Wildman–Crippen MR) is 75.4 cm³/mol. The first kappa shape index (κ1) is 16.8. The molecule has 0 spiro atoms. The van der Waals surface area contributed by atoms with Crippen molar-refractivity contribution in [3.8, 4) is 0 Å². The van der Waals surface area contributed by atoms with E-state index in [0.29, 0.717) is 25.9 Å². The van der Waals surface area contributed by atoms with Crippen LogP contribution < -0.4 is 4.90 Å². The highest BCUT2D eigenvalue weighted by molar-refractivity contribution is 5.66. The van der Waals surface area contributed by atoms with Crippen molar-refractivity contribution in [2.75, 3.05) is 31.2 Å². The fourth-order valence-electron chi connectivity index (χ4n) is 1.91. The summed E-state index contributed by atoms with van der Waals surface area (Å²) in [5.41, 5.74) is -0.470. The van der Waals surface area contributed by atoms with Crippen LogP contribution in [0.3, 0.4) is 0 Å². The van der Waals surface area contributed by atoms with Gasteiger partial charge in [0.15, 0.2) is 0 Å². The lowest BCUT2D eigenvalue weighted by atomic mass is 10.2. The number of benzene rings is 1. The summed E-state index contributed by atoms with van der Waals surface area (Å²) in [7, 11) is 0. The second-order valence-corrected chi connectivity index (χ2v) is 4.33. The number of nitrogens with zero attached hydrogens (tertiary/aromatic N) is 3. The number of rotatable bonds is 9. The first-order valence-corrected chi connectivity index (χ1v) is 6.40. The van der Waals surface area contributed by atoms with E-state index in [1.54, 1.807) is 4.90 Å². The average Bonchev–Trinajstić information content (AvgIpc) is 2.46.